The molecule has 0 saturated heterocycles. The highest BCUT2D eigenvalue weighted by molar-refractivity contribution is 7.12. The first-order valence-electron chi connectivity index (χ1n) is 6.72. The molecule has 0 bridgehead atoms. The first-order valence-corrected chi connectivity index (χ1v) is 7.53. The lowest BCUT2D eigenvalue weighted by Gasteiger charge is -2.02. The second-order valence-corrected chi connectivity index (χ2v) is 5.99. The van der Waals surface area contributed by atoms with Crippen LogP contribution in [0.15, 0.2) is 48.7 Å². The number of rotatable bonds is 4. The van der Waals surface area contributed by atoms with Gasteiger partial charge in [0.05, 0.1) is 5.52 Å². The van der Waals surface area contributed by atoms with Gasteiger partial charge in [-0.05, 0) is 42.8 Å². The molecule has 0 atom stereocenters. The van der Waals surface area contributed by atoms with Crippen LogP contribution in [-0.2, 0) is 12.8 Å². The molecule has 100 valence electrons. The predicted octanol–water partition coefficient (Wildman–Crippen LogP) is 4.28. The summed E-state index contributed by atoms with van der Waals surface area (Å²) in [7, 11) is 0. The van der Waals surface area contributed by atoms with Crippen LogP contribution >= 0.6 is 11.3 Å². The van der Waals surface area contributed by atoms with Crippen molar-refractivity contribution in [3.8, 4) is 0 Å². The average molecular weight is 281 g/mol. The van der Waals surface area contributed by atoms with Crippen LogP contribution in [0.25, 0.3) is 10.9 Å². The van der Waals surface area contributed by atoms with E-state index >= 15 is 0 Å². The summed E-state index contributed by atoms with van der Waals surface area (Å²) in [5.74, 6) is 0.167. The molecule has 0 saturated carbocycles. The van der Waals surface area contributed by atoms with E-state index in [4.69, 9.17) is 0 Å². The summed E-state index contributed by atoms with van der Waals surface area (Å²) in [5.41, 5.74) is 1.69. The summed E-state index contributed by atoms with van der Waals surface area (Å²) in [5, 5.41) is 1.01. The number of aromatic nitrogens is 1. The van der Waals surface area contributed by atoms with E-state index in [2.05, 4.69) is 24.0 Å². The summed E-state index contributed by atoms with van der Waals surface area (Å²) in [6.45, 7) is 2.13. The average Bonchev–Trinajstić information content (AvgIpc) is 2.94. The zero-order valence-electron chi connectivity index (χ0n) is 11.3. The SMILES string of the molecule is CCc1ccc(CC(=O)c2ccc3ncccc3c2)s1. The van der Waals surface area contributed by atoms with Crippen LogP contribution < -0.4 is 0 Å². The van der Waals surface area contributed by atoms with Crippen molar-refractivity contribution >= 4 is 28.0 Å². The molecule has 0 aliphatic rings. The van der Waals surface area contributed by atoms with Gasteiger partial charge in [0.1, 0.15) is 0 Å². The van der Waals surface area contributed by atoms with Crippen molar-refractivity contribution in [3.05, 3.63) is 64.0 Å². The molecule has 3 rings (SSSR count). The lowest BCUT2D eigenvalue weighted by atomic mass is 10.0. The maximum atomic E-state index is 12.3. The number of carbonyl (C=O) groups is 1. The van der Waals surface area contributed by atoms with Gasteiger partial charge in [0.25, 0.3) is 0 Å². The lowest BCUT2D eigenvalue weighted by Crippen LogP contribution is -2.02. The third kappa shape index (κ3) is 2.63. The standard InChI is InChI=1S/C17H15NOS/c1-2-14-6-7-15(20-14)11-17(19)13-5-8-16-12(10-13)4-3-9-18-16/h3-10H,2,11H2,1H3. The number of hydrogen-bond donors (Lipinski definition) is 0. The summed E-state index contributed by atoms with van der Waals surface area (Å²) in [6.07, 6.45) is 3.28. The van der Waals surface area contributed by atoms with Crippen LogP contribution in [0.3, 0.4) is 0 Å². The highest BCUT2D eigenvalue weighted by atomic mass is 32.1. The number of aryl methyl sites for hydroxylation is 1. The summed E-state index contributed by atoms with van der Waals surface area (Å²) < 4.78 is 0. The summed E-state index contributed by atoms with van der Waals surface area (Å²) in [6, 6.07) is 13.8. The van der Waals surface area contributed by atoms with E-state index in [1.165, 1.54) is 4.88 Å². The normalized spacial score (nSPS) is 10.8. The second kappa shape index (κ2) is 5.55. The molecule has 3 aromatic rings. The zero-order chi connectivity index (χ0) is 13.9. The van der Waals surface area contributed by atoms with Crippen LogP contribution in [0.2, 0.25) is 0 Å². The molecular weight excluding hydrogens is 266 g/mol. The Bertz CT molecular complexity index is 760. The predicted molar refractivity (Wildman–Crippen MR) is 83.5 cm³/mol. The van der Waals surface area contributed by atoms with E-state index in [1.54, 1.807) is 17.5 Å². The second-order valence-electron chi connectivity index (χ2n) is 4.73. The number of nitrogens with zero attached hydrogens (tertiary/aromatic N) is 1. The minimum absolute atomic E-state index is 0.167. The smallest absolute Gasteiger partial charge is 0.168 e. The third-order valence-electron chi connectivity index (χ3n) is 3.33. The fourth-order valence-electron chi connectivity index (χ4n) is 2.22. The molecule has 1 aromatic carbocycles. The zero-order valence-corrected chi connectivity index (χ0v) is 12.1. The molecule has 0 fully saturated rings. The molecule has 2 nitrogen and oxygen atoms in total. The van der Waals surface area contributed by atoms with Gasteiger partial charge in [-0.3, -0.25) is 9.78 Å². The molecule has 2 aromatic heterocycles. The van der Waals surface area contributed by atoms with Gasteiger partial charge in [0.2, 0.25) is 0 Å². The van der Waals surface area contributed by atoms with Gasteiger partial charge in [0.15, 0.2) is 5.78 Å². The monoisotopic (exact) mass is 281 g/mol. The molecule has 20 heavy (non-hydrogen) atoms. The molecule has 0 N–H and O–H groups in total. The van der Waals surface area contributed by atoms with Crippen molar-refractivity contribution < 1.29 is 4.79 Å². The number of fused-ring (bicyclic) bond motifs is 1. The highest BCUT2D eigenvalue weighted by Gasteiger charge is 2.09. The van der Waals surface area contributed by atoms with Crippen LogP contribution in [-0.4, -0.2) is 10.8 Å². The van der Waals surface area contributed by atoms with Crippen molar-refractivity contribution in [1.82, 2.24) is 4.98 Å². The summed E-state index contributed by atoms with van der Waals surface area (Å²) >= 11 is 1.73. The molecule has 0 amide bonds. The maximum absolute atomic E-state index is 12.3. The molecule has 0 unspecified atom stereocenters. The van der Waals surface area contributed by atoms with Crippen LogP contribution in [0.4, 0.5) is 0 Å². The van der Waals surface area contributed by atoms with Gasteiger partial charge < -0.3 is 0 Å². The Kier molecular flexibility index (Phi) is 3.61. The number of Topliss-reactive ketones (excluding diaryl/α,β-unsaturated/α-hetero) is 1. The fraction of sp³-hybridized carbons (Fsp3) is 0.176. The Balaban J connectivity index is 1.84. The van der Waals surface area contributed by atoms with Crippen molar-refractivity contribution in [2.75, 3.05) is 0 Å². The Morgan fingerprint density at radius 1 is 1.15 bits per heavy atom. The van der Waals surface area contributed by atoms with E-state index in [1.807, 2.05) is 30.3 Å². The molecule has 0 spiro atoms. The van der Waals surface area contributed by atoms with Crippen molar-refractivity contribution in [3.63, 3.8) is 0 Å². The topological polar surface area (TPSA) is 30.0 Å². The number of pyridine rings is 1. The van der Waals surface area contributed by atoms with Gasteiger partial charge in [0, 0.05) is 33.3 Å². The maximum Gasteiger partial charge on any atom is 0.168 e. The molecule has 0 aliphatic carbocycles. The number of hydrogen-bond acceptors (Lipinski definition) is 3. The quantitative estimate of drug-likeness (QED) is 0.668. The Labute approximate surface area is 122 Å². The van der Waals surface area contributed by atoms with Crippen LogP contribution in [0, 0.1) is 0 Å². The van der Waals surface area contributed by atoms with E-state index in [9.17, 15) is 4.79 Å². The van der Waals surface area contributed by atoms with Crippen molar-refractivity contribution in [1.29, 1.82) is 0 Å². The number of carbonyl (C=O) groups excluding carboxylic acids is 1. The van der Waals surface area contributed by atoms with Gasteiger partial charge in [-0.2, -0.15) is 0 Å². The van der Waals surface area contributed by atoms with Gasteiger partial charge in [-0.1, -0.05) is 13.0 Å². The summed E-state index contributed by atoms with van der Waals surface area (Å²) in [4.78, 5) is 19.1. The Morgan fingerprint density at radius 3 is 2.80 bits per heavy atom. The van der Waals surface area contributed by atoms with E-state index in [0.29, 0.717) is 6.42 Å². The van der Waals surface area contributed by atoms with Crippen molar-refractivity contribution in [2.24, 2.45) is 0 Å². The van der Waals surface area contributed by atoms with Crippen LogP contribution in [0.1, 0.15) is 27.0 Å². The minimum Gasteiger partial charge on any atom is -0.294 e. The first-order chi connectivity index (χ1) is 9.76. The minimum atomic E-state index is 0.167. The molecule has 3 heteroatoms. The number of thiophene rings is 1. The lowest BCUT2D eigenvalue weighted by molar-refractivity contribution is 0.0994. The Morgan fingerprint density at radius 2 is 2.00 bits per heavy atom. The van der Waals surface area contributed by atoms with Crippen molar-refractivity contribution in [2.45, 2.75) is 19.8 Å². The Hall–Kier alpha value is -2.00. The van der Waals surface area contributed by atoms with E-state index in [0.717, 1.165) is 27.8 Å². The molecule has 0 radical (unpaired) electrons. The largest absolute Gasteiger partial charge is 0.294 e. The third-order valence-corrected chi connectivity index (χ3v) is 4.56. The van der Waals surface area contributed by atoms with Crippen LogP contribution in [0.5, 0.6) is 0 Å². The molecule has 0 aliphatic heterocycles. The van der Waals surface area contributed by atoms with Gasteiger partial charge in [-0.25, -0.2) is 0 Å². The number of ketones is 1. The number of benzene rings is 1. The van der Waals surface area contributed by atoms with Gasteiger partial charge >= 0.3 is 0 Å². The highest BCUT2D eigenvalue weighted by Crippen LogP contribution is 2.20. The van der Waals surface area contributed by atoms with E-state index < -0.39 is 0 Å². The molecule has 2 heterocycles. The first kappa shape index (κ1) is 13.0. The molecular formula is C17H15NOS. The van der Waals surface area contributed by atoms with E-state index in [-0.39, 0.29) is 5.78 Å². The fourth-order valence-corrected chi connectivity index (χ4v) is 3.17. The van der Waals surface area contributed by atoms with Gasteiger partial charge in [-0.15, -0.1) is 11.3 Å².